The second-order valence-corrected chi connectivity index (χ2v) is 12.8. The van der Waals surface area contributed by atoms with Gasteiger partial charge in [-0.05, 0) is 42.2 Å². The van der Waals surface area contributed by atoms with Crippen molar-refractivity contribution in [1.82, 2.24) is 14.8 Å². The molecule has 1 unspecified atom stereocenters. The average molecular weight is 692 g/mol. The van der Waals surface area contributed by atoms with Crippen LogP contribution in [0.15, 0.2) is 54.7 Å². The van der Waals surface area contributed by atoms with Crippen molar-refractivity contribution in [3.63, 3.8) is 0 Å². The highest BCUT2D eigenvalue weighted by atomic mass is 35.5. The van der Waals surface area contributed by atoms with E-state index in [1.165, 1.54) is 13.3 Å². The number of hydrogen-bond acceptors (Lipinski definition) is 9. The Balaban J connectivity index is 1.18. The number of nitrogens with one attached hydrogen (secondary N) is 1. The van der Waals surface area contributed by atoms with Crippen molar-refractivity contribution in [2.24, 2.45) is 11.7 Å². The Kier molecular flexibility index (Phi) is 11.5. The lowest BCUT2D eigenvalue weighted by Gasteiger charge is -2.34. The molecule has 252 valence electrons. The summed E-state index contributed by atoms with van der Waals surface area (Å²) in [5.41, 5.74) is 9.97. The maximum Gasteiger partial charge on any atom is 0.253 e. The molecule has 0 aliphatic carbocycles. The predicted molar refractivity (Wildman–Crippen MR) is 190 cm³/mol. The molecule has 1 aliphatic heterocycles. The molecule has 0 spiro atoms. The number of fused-ring (bicyclic) bond motifs is 1. The van der Waals surface area contributed by atoms with Crippen molar-refractivity contribution >= 4 is 51.4 Å². The second-order valence-electron chi connectivity index (χ2n) is 12.0. The van der Waals surface area contributed by atoms with Gasteiger partial charge in [0, 0.05) is 68.0 Å². The quantitative estimate of drug-likeness (QED) is 0.150. The van der Waals surface area contributed by atoms with Gasteiger partial charge in [-0.2, -0.15) is 5.26 Å². The lowest BCUT2D eigenvalue weighted by atomic mass is 9.96. The summed E-state index contributed by atoms with van der Waals surface area (Å²) in [6.07, 6.45) is 2.29. The Bertz CT molecular complexity index is 1800. The zero-order valence-electron chi connectivity index (χ0n) is 27.6. The fraction of sp³-hybridized carbons (Fsp3) is 0.361. The molecule has 5 rings (SSSR count). The first-order valence-corrected chi connectivity index (χ1v) is 16.6. The molecule has 1 fully saturated rings. The Morgan fingerprint density at radius 3 is 2.35 bits per heavy atom. The lowest BCUT2D eigenvalue weighted by Crippen LogP contribution is -2.49. The molecule has 10 nitrogen and oxygen atoms in total. The Labute approximate surface area is 291 Å². The molecule has 0 bridgehead atoms. The molecule has 1 aliphatic rings. The van der Waals surface area contributed by atoms with Crippen LogP contribution in [0.5, 0.6) is 17.2 Å². The summed E-state index contributed by atoms with van der Waals surface area (Å²) in [6.45, 7) is 8.42. The van der Waals surface area contributed by atoms with Gasteiger partial charge in [-0.1, -0.05) is 49.2 Å². The summed E-state index contributed by atoms with van der Waals surface area (Å²) in [4.78, 5) is 21.9. The minimum atomic E-state index is -0.0419. The molecule has 12 heteroatoms. The van der Waals surface area contributed by atoms with E-state index in [-0.39, 0.29) is 11.9 Å². The number of ether oxygens (including phenoxy) is 3. The van der Waals surface area contributed by atoms with Gasteiger partial charge in [0.1, 0.15) is 11.8 Å². The number of nitriles is 1. The highest BCUT2D eigenvalue weighted by Crippen LogP contribution is 2.40. The van der Waals surface area contributed by atoms with Crippen molar-refractivity contribution < 1.29 is 19.0 Å². The summed E-state index contributed by atoms with van der Waals surface area (Å²) in [6, 6.07) is 16.7. The van der Waals surface area contributed by atoms with Crippen LogP contribution in [0.3, 0.4) is 0 Å². The predicted octanol–water partition coefficient (Wildman–Crippen LogP) is 7.06. The fourth-order valence-corrected chi connectivity index (χ4v) is 6.18. The number of nitrogens with zero attached hydrogens (tertiary/aromatic N) is 4. The van der Waals surface area contributed by atoms with Crippen LogP contribution in [0.25, 0.3) is 10.9 Å². The number of piperazine rings is 1. The van der Waals surface area contributed by atoms with Gasteiger partial charge in [0.2, 0.25) is 0 Å². The fourth-order valence-electron chi connectivity index (χ4n) is 5.67. The molecular weight excluding hydrogens is 651 g/mol. The molecule has 1 aromatic heterocycles. The van der Waals surface area contributed by atoms with Gasteiger partial charge in [0.15, 0.2) is 11.5 Å². The van der Waals surface area contributed by atoms with Crippen LogP contribution in [0.2, 0.25) is 10.0 Å². The van der Waals surface area contributed by atoms with E-state index in [9.17, 15) is 10.1 Å². The average Bonchev–Trinajstić information content (AvgIpc) is 3.10. The number of nitrogens with two attached hydrogens (primary N) is 1. The van der Waals surface area contributed by atoms with Crippen molar-refractivity contribution in [3.8, 4) is 23.3 Å². The van der Waals surface area contributed by atoms with Gasteiger partial charge in [-0.15, -0.1) is 0 Å². The zero-order chi connectivity index (χ0) is 34.4. The Morgan fingerprint density at radius 1 is 1.00 bits per heavy atom. The van der Waals surface area contributed by atoms with Crippen molar-refractivity contribution in [3.05, 3.63) is 81.5 Å². The molecule has 48 heavy (non-hydrogen) atoms. The van der Waals surface area contributed by atoms with Crippen LogP contribution in [0.4, 0.5) is 11.4 Å². The van der Waals surface area contributed by atoms with E-state index >= 15 is 0 Å². The molecule has 1 amide bonds. The van der Waals surface area contributed by atoms with Gasteiger partial charge < -0.3 is 30.2 Å². The third kappa shape index (κ3) is 7.88. The summed E-state index contributed by atoms with van der Waals surface area (Å²) in [5.74, 6) is 1.89. The van der Waals surface area contributed by atoms with E-state index in [0.717, 1.165) is 31.6 Å². The smallest absolute Gasteiger partial charge is 0.253 e. The number of benzene rings is 3. The van der Waals surface area contributed by atoms with Crippen molar-refractivity contribution in [2.75, 3.05) is 58.9 Å². The normalized spacial score (nSPS) is 14.1. The van der Waals surface area contributed by atoms with Gasteiger partial charge in [0.05, 0.1) is 53.3 Å². The van der Waals surface area contributed by atoms with E-state index in [1.807, 2.05) is 29.2 Å². The monoisotopic (exact) mass is 690 g/mol. The first-order chi connectivity index (χ1) is 23.1. The number of amides is 1. The molecular formula is C36H40Cl2N6O4. The largest absolute Gasteiger partial charge is 0.495 e. The first kappa shape index (κ1) is 35.0. The van der Waals surface area contributed by atoms with Gasteiger partial charge in [-0.25, -0.2) is 0 Å². The number of methoxy groups -OCH3 is 2. The van der Waals surface area contributed by atoms with E-state index in [2.05, 4.69) is 35.1 Å². The Morgan fingerprint density at radius 2 is 1.71 bits per heavy atom. The molecule has 3 N–H and O–H groups in total. The van der Waals surface area contributed by atoms with Gasteiger partial charge in [0.25, 0.3) is 5.91 Å². The summed E-state index contributed by atoms with van der Waals surface area (Å²) < 4.78 is 17.2. The van der Waals surface area contributed by atoms with Crippen LogP contribution in [-0.2, 0) is 0 Å². The number of aromatic nitrogens is 1. The van der Waals surface area contributed by atoms with Gasteiger partial charge >= 0.3 is 0 Å². The van der Waals surface area contributed by atoms with Crippen LogP contribution >= 0.6 is 23.2 Å². The number of anilines is 2. The zero-order valence-corrected chi connectivity index (χ0v) is 29.1. The van der Waals surface area contributed by atoms with Gasteiger partial charge in [-0.3, -0.25) is 14.7 Å². The highest BCUT2D eigenvalue weighted by molar-refractivity contribution is 6.37. The second kappa shape index (κ2) is 15.8. The summed E-state index contributed by atoms with van der Waals surface area (Å²) in [5, 5.41) is 14.5. The molecule has 1 atom stereocenters. The maximum atomic E-state index is 13.1. The molecule has 2 heterocycles. The Hall–Kier alpha value is -4.27. The third-order valence-electron chi connectivity index (χ3n) is 8.57. The SMILES string of the molecule is COc1cc(Nc2c(C#N)cnc3cc(OCCCN4CCN(C(=O)c5ccc(C(N)C(C)C)cc5)CC4)c(OC)cc23)c(Cl)cc1Cl. The summed E-state index contributed by atoms with van der Waals surface area (Å²) >= 11 is 12.7. The van der Waals surface area contributed by atoms with Crippen LogP contribution in [0.1, 0.15) is 47.8 Å². The standard InChI is InChI=1S/C36H40Cl2N6O4/c1-22(2)34(40)23-6-8-24(9-7-23)36(45)44-13-11-43(12-14-44)10-5-15-48-33-18-29-26(16-32(33)47-4)35(25(20-39)21-41-29)42-30-19-31(46-3)28(38)17-27(30)37/h6-9,16-19,21-22,34H,5,10-15,40H2,1-4H3,(H,41,42). The van der Waals surface area contributed by atoms with Crippen molar-refractivity contribution in [1.29, 1.82) is 5.26 Å². The first-order valence-electron chi connectivity index (χ1n) is 15.8. The van der Waals surface area contributed by atoms with E-state index in [0.29, 0.717) is 86.3 Å². The highest BCUT2D eigenvalue weighted by Gasteiger charge is 2.23. The van der Waals surface area contributed by atoms with Crippen LogP contribution < -0.4 is 25.3 Å². The lowest BCUT2D eigenvalue weighted by molar-refractivity contribution is 0.0630. The molecule has 0 saturated carbocycles. The molecule has 1 saturated heterocycles. The van der Waals surface area contributed by atoms with Crippen molar-refractivity contribution in [2.45, 2.75) is 26.3 Å². The van der Waals surface area contributed by atoms with Crippen LogP contribution in [-0.4, -0.2) is 74.2 Å². The van der Waals surface area contributed by atoms with E-state index in [4.69, 9.17) is 43.1 Å². The number of carbonyl (C=O) groups is 1. The minimum absolute atomic E-state index is 0.0419. The molecule has 4 aromatic rings. The van der Waals surface area contributed by atoms with E-state index < -0.39 is 0 Å². The topological polar surface area (TPSA) is 126 Å². The number of hydrogen-bond donors (Lipinski definition) is 2. The number of pyridine rings is 1. The number of rotatable bonds is 12. The number of halogens is 2. The number of carbonyl (C=O) groups excluding carboxylic acids is 1. The third-order valence-corrected chi connectivity index (χ3v) is 9.18. The maximum absolute atomic E-state index is 13.1. The van der Waals surface area contributed by atoms with E-state index in [1.54, 1.807) is 31.4 Å². The molecule has 0 radical (unpaired) electrons. The minimum Gasteiger partial charge on any atom is -0.495 e. The summed E-state index contributed by atoms with van der Waals surface area (Å²) in [7, 11) is 3.09. The van der Waals surface area contributed by atoms with Crippen LogP contribution in [0, 0.1) is 17.2 Å². The molecule has 3 aromatic carbocycles.